The molecule has 0 aliphatic rings. The van der Waals surface area contributed by atoms with Gasteiger partial charge in [0.2, 0.25) is 0 Å². The summed E-state index contributed by atoms with van der Waals surface area (Å²) in [5.41, 5.74) is 0.869. The van der Waals surface area contributed by atoms with Gasteiger partial charge in [0.25, 0.3) is 0 Å². The Bertz CT molecular complexity index is 653. The lowest BCUT2D eigenvalue weighted by Crippen LogP contribution is -2.09. The molecule has 1 aromatic carbocycles. The normalized spacial score (nSPS) is 12.9. The first-order valence-corrected chi connectivity index (χ1v) is 7.29. The molecule has 1 N–H and O–H groups in total. The van der Waals surface area contributed by atoms with Gasteiger partial charge in [0.15, 0.2) is 0 Å². The van der Waals surface area contributed by atoms with Crippen molar-refractivity contribution in [3.63, 3.8) is 0 Å². The van der Waals surface area contributed by atoms with Gasteiger partial charge in [-0.1, -0.05) is 25.1 Å². The van der Waals surface area contributed by atoms with Crippen molar-refractivity contribution in [3.05, 3.63) is 53.2 Å². The second-order valence-corrected chi connectivity index (χ2v) is 5.68. The number of thiophene rings is 1. The lowest BCUT2D eigenvalue weighted by Gasteiger charge is -2.11. The third-order valence-corrected chi connectivity index (χ3v) is 4.35. The molecule has 0 saturated heterocycles. The molecule has 3 aromatic rings. The number of benzene rings is 1. The van der Waals surface area contributed by atoms with Crippen LogP contribution in [0.15, 0.2) is 42.6 Å². The summed E-state index contributed by atoms with van der Waals surface area (Å²) in [4.78, 5) is 0.971. The third-order valence-electron chi connectivity index (χ3n) is 3.18. The van der Waals surface area contributed by atoms with Gasteiger partial charge in [0, 0.05) is 22.3 Å². The van der Waals surface area contributed by atoms with Crippen LogP contribution in [-0.4, -0.2) is 14.9 Å². The third kappa shape index (κ3) is 2.29. The maximum Gasteiger partial charge on any atom is 0.130 e. The maximum atomic E-state index is 10.5. The molecular weight excluding hydrogens is 256 g/mol. The molecule has 2 heterocycles. The van der Waals surface area contributed by atoms with Crippen molar-refractivity contribution in [3.8, 4) is 0 Å². The number of hydrogen-bond acceptors (Lipinski definition) is 3. The molecule has 3 rings (SSSR count). The topological polar surface area (TPSA) is 38.0 Å². The smallest absolute Gasteiger partial charge is 0.130 e. The molecule has 19 heavy (non-hydrogen) atoms. The van der Waals surface area contributed by atoms with E-state index < -0.39 is 6.10 Å². The first kappa shape index (κ1) is 12.4. The minimum Gasteiger partial charge on any atom is -0.381 e. The number of aliphatic hydroxyl groups is 1. The van der Waals surface area contributed by atoms with Crippen LogP contribution in [0.3, 0.4) is 0 Å². The quantitative estimate of drug-likeness (QED) is 0.788. The van der Waals surface area contributed by atoms with E-state index in [1.54, 1.807) is 17.5 Å². The molecule has 0 aliphatic heterocycles. The summed E-state index contributed by atoms with van der Waals surface area (Å²) >= 11 is 1.64. The molecule has 98 valence electrons. The van der Waals surface area contributed by atoms with E-state index in [0.29, 0.717) is 0 Å². The van der Waals surface area contributed by atoms with Crippen LogP contribution in [0.1, 0.15) is 30.0 Å². The average molecular weight is 272 g/mol. The number of aliphatic hydroxyl groups excluding tert-OH is 1. The van der Waals surface area contributed by atoms with Gasteiger partial charge in [-0.15, -0.1) is 11.3 Å². The SMILES string of the molecule is CCCn1nccc1C(O)c1cc2ccccc2s1. The van der Waals surface area contributed by atoms with Crippen LogP contribution in [0.2, 0.25) is 0 Å². The van der Waals surface area contributed by atoms with Gasteiger partial charge < -0.3 is 5.11 Å². The zero-order valence-electron chi connectivity index (χ0n) is 10.8. The highest BCUT2D eigenvalue weighted by Gasteiger charge is 2.17. The minimum absolute atomic E-state index is 0.591. The second kappa shape index (κ2) is 5.15. The standard InChI is InChI=1S/C15H16N2OS/c1-2-9-17-12(7-8-16-17)15(18)14-10-11-5-3-4-6-13(11)19-14/h3-8,10,15,18H,2,9H2,1H3. The summed E-state index contributed by atoms with van der Waals surface area (Å²) in [5.74, 6) is 0. The number of nitrogens with zero attached hydrogens (tertiary/aromatic N) is 2. The molecule has 0 spiro atoms. The summed E-state index contributed by atoms with van der Waals surface area (Å²) in [7, 11) is 0. The Morgan fingerprint density at radius 1 is 1.32 bits per heavy atom. The Balaban J connectivity index is 1.98. The van der Waals surface area contributed by atoms with Gasteiger partial charge in [-0.25, -0.2) is 0 Å². The van der Waals surface area contributed by atoms with E-state index in [9.17, 15) is 5.11 Å². The molecule has 0 amide bonds. The van der Waals surface area contributed by atoms with E-state index in [1.165, 1.54) is 10.1 Å². The largest absolute Gasteiger partial charge is 0.381 e. The maximum absolute atomic E-state index is 10.5. The van der Waals surface area contributed by atoms with Crippen LogP contribution < -0.4 is 0 Å². The van der Waals surface area contributed by atoms with Crippen LogP contribution in [0.5, 0.6) is 0 Å². The Morgan fingerprint density at radius 2 is 2.16 bits per heavy atom. The predicted molar refractivity (Wildman–Crippen MR) is 78.4 cm³/mol. The van der Waals surface area contributed by atoms with Gasteiger partial charge in [-0.2, -0.15) is 5.10 Å². The van der Waals surface area contributed by atoms with E-state index in [1.807, 2.05) is 22.9 Å². The minimum atomic E-state index is -0.591. The Labute approximate surface area is 116 Å². The Morgan fingerprint density at radius 3 is 2.95 bits per heavy atom. The fourth-order valence-corrected chi connectivity index (χ4v) is 3.32. The van der Waals surface area contributed by atoms with E-state index in [-0.39, 0.29) is 0 Å². The fraction of sp³-hybridized carbons (Fsp3) is 0.267. The number of hydrogen-bond donors (Lipinski definition) is 1. The van der Waals surface area contributed by atoms with Gasteiger partial charge in [0.05, 0.1) is 5.69 Å². The summed E-state index contributed by atoms with van der Waals surface area (Å²) in [6.07, 6.45) is 2.17. The molecule has 2 aromatic heterocycles. The average Bonchev–Trinajstić information content (AvgIpc) is 3.04. The van der Waals surface area contributed by atoms with Crippen molar-refractivity contribution in [2.45, 2.75) is 26.0 Å². The van der Waals surface area contributed by atoms with E-state index >= 15 is 0 Å². The molecule has 1 unspecified atom stereocenters. The van der Waals surface area contributed by atoms with Crippen LogP contribution in [-0.2, 0) is 6.54 Å². The first-order valence-electron chi connectivity index (χ1n) is 6.48. The second-order valence-electron chi connectivity index (χ2n) is 4.57. The number of rotatable bonds is 4. The highest BCUT2D eigenvalue weighted by atomic mass is 32.1. The molecule has 0 saturated carbocycles. The summed E-state index contributed by atoms with van der Waals surface area (Å²) in [6.45, 7) is 2.95. The van der Waals surface area contributed by atoms with Crippen molar-refractivity contribution < 1.29 is 5.11 Å². The lowest BCUT2D eigenvalue weighted by atomic mass is 10.2. The predicted octanol–water partition coefficient (Wildman–Crippen LogP) is 3.59. The lowest BCUT2D eigenvalue weighted by molar-refractivity contribution is 0.211. The van der Waals surface area contributed by atoms with E-state index in [2.05, 4.69) is 30.2 Å². The summed E-state index contributed by atoms with van der Waals surface area (Å²) in [5, 5.41) is 16.0. The monoisotopic (exact) mass is 272 g/mol. The molecule has 0 bridgehead atoms. The van der Waals surface area contributed by atoms with Crippen LogP contribution in [0.25, 0.3) is 10.1 Å². The van der Waals surface area contributed by atoms with Gasteiger partial charge in [0.1, 0.15) is 6.10 Å². The first-order chi connectivity index (χ1) is 9.29. The zero-order valence-corrected chi connectivity index (χ0v) is 11.6. The zero-order chi connectivity index (χ0) is 13.2. The molecule has 3 nitrogen and oxygen atoms in total. The molecule has 4 heteroatoms. The van der Waals surface area contributed by atoms with Crippen molar-refractivity contribution >= 4 is 21.4 Å². The van der Waals surface area contributed by atoms with Crippen molar-refractivity contribution in [1.29, 1.82) is 0 Å². The molecule has 0 fully saturated rings. The number of fused-ring (bicyclic) bond motifs is 1. The Kier molecular flexibility index (Phi) is 3.36. The van der Waals surface area contributed by atoms with Gasteiger partial charge >= 0.3 is 0 Å². The highest BCUT2D eigenvalue weighted by Crippen LogP contribution is 2.32. The van der Waals surface area contributed by atoms with Crippen molar-refractivity contribution in [1.82, 2.24) is 9.78 Å². The van der Waals surface area contributed by atoms with Gasteiger partial charge in [-0.05, 0) is 30.0 Å². The van der Waals surface area contributed by atoms with Crippen LogP contribution in [0.4, 0.5) is 0 Å². The Hall–Kier alpha value is -1.65. The molecule has 0 aliphatic carbocycles. The van der Waals surface area contributed by atoms with Crippen molar-refractivity contribution in [2.75, 3.05) is 0 Å². The summed E-state index contributed by atoms with van der Waals surface area (Å²) < 4.78 is 3.09. The fourth-order valence-electron chi connectivity index (χ4n) is 2.26. The number of aromatic nitrogens is 2. The van der Waals surface area contributed by atoms with Gasteiger partial charge in [-0.3, -0.25) is 4.68 Å². The highest BCUT2D eigenvalue weighted by molar-refractivity contribution is 7.19. The van der Waals surface area contributed by atoms with E-state index in [0.717, 1.165) is 23.5 Å². The molecular formula is C15H16N2OS. The molecule has 0 radical (unpaired) electrons. The molecule has 1 atom stereocenters. The van der Waals surface area contributed by atoms with Crippen LogP contribution >= 0.6 is 11.3 Å². The van der Waals surface area contributed by atoms with E-state index in [4.69, 9.17) is 0 Å². The van der Waals surface area contributed by atoms with Crippen LogP contribution in [0, 0.1) is 0 Å². The summed E-state index contributed by atoms with van der Waals surface area (Å²) in [6, 6.07) is 12.2. The number of aryl methyl sites for hydroxylation is 1. The van der Waals surface area contributed by atoms with Crippen molar-refractivity contribution in [2.24, 2.45) is 0 Å².